The molecule has 0 radical (unpaired) electrons. The van der Waals surface area contributed by atoms with Gasteiger partial charge in [-0.15, -0.1) is 0 Å². The fraction of sp³-hybridized carbons (Fsp3) is 0.400. The Morgan fingerprint density at radius 2 is 1.68 bits per heavy atom. The minimum absolute atomic E-state index is 0.0629. The molecule has 2 saturated heterocycles. The molecule has 2 unspecified atom stereocenters. The summed E-state index contributed by atoms with van der Waals surface area (Å²) in [5, 5.41) is 3.33. The fourth-order valence-corrected chi connectivity index (χ4v) is 7.56. The summed E-state index contributed by atoms with van der Waals surface area (Å²) in [6.07, 6.45) is -0.765. The smallest absolute Gasteiger partial charge is 0.315 e. The van der Waals surface area contributed by atoms with Crippen molar-refractivity contribution >= 4 is 75.6 Å². The van der Waals surface area contributed by atoms with E-state index in [2.05, 4.69) is 5.32 Å². The molecule has 0 bridgehead atoms. The molecule has 0 aliphatic carbocycles. The molecule has 38 heavy (non-hydrogen) atoms. The van der Waals surface area contributed by atoms with Crippen molar-refractivity contribution in [3.05, 3.63) is 56.0 Å². The van der Waals surface area contributed by atoms with Crippen molar-refractivity contribution in [2.75, 3.05) is 30.9 Å². The lowest BCUT2D eigenvalue weighted by molar-refractivity contribution is -0.167. The third kappa shape index (κ3) is 3.59. The number of benzene rings is 2. The number of carbonyl (C=O) groups is 3. The number of hydrogen-bond acceptors (Lipinski definition) is 5. The van der Waals surface area contributed by atoms with Gasteiger partial charge in [0.05, 0.1) is 30.3 Å². The zero-order valence-corrected chi connectivity index (χ0v) is 23.3. The van der Waals surface area contributed by atoms with Gasteiger partial charge in [0.25, 0.3) is 11.8 Å². The molecule has 4 atom stereocenters. The Bertz CT molecular complexity index is 1390. The number of nitrogens with zero attached hydrogens (tertiary/aromatic N) is 2. The molecule has 0 aromatic heterocycles. The topological polar surface area (TPSA) is 79.0 Å². The maximum absolute atomic E-state index is 15.1. The van der Waals surface area contributed by atoms with Crippen molar-refractivity contribution < 1.29 is 27.9 Å². The van der Waals surface area contributed by atoms with Crippen LogP contribution in [0.3, 0.4) is 0 Å². The molecule has 1 spiro atoms. The van der Waals surface area contributed by atoms with Gasteiger partial charge in [0.15, 0.2) is 0 Å². The average molecular weight is 607 g/mol. The van der Waals surface area contributed by atoms with Gasteiger partial charge in [0.2, 0.25) is 5.91 Å². The molecule has 0 saturated carbocycles. The predicted molar refractivity (Wildman–Crippen MR) is 140 cm³/mol. The van der Waals surface area contributed by atoms with Gasteiger partial charge < -0.3 is 15.0 Å². The molecule has 2 fully saturated rings. The number of hydrogen-bond donors (Lipinski definition) is 1. The number of ether oxygens (including phenoxy) is 1. The fourth-order valence-electron chi connectivity index (χ4n) is 6.50. The van der Waals surface area contributed by atoms with Crippen molar-refractivity contribution in [3.8, 4) is 0 Å². The van der Waals surface area contributed by atoms with E-state index in [1.54, 1.807) is 0 Å². The van der Waals surface area contributed by atoms with E-state index in [4.69, 9.17) is 51.1 Å². The first-order chi connectivity index (χ1) is 17.7. The van der Waals surface area contributed by atoms with E-state index in [0.29, 0.717) is 0 Å². The van der Waals surface area contributed by atoms with Crippen molar-refractivity contribution in [2.24, 2.45) is 11.3 Å². The lowest BCUT2D eigenvalue weighted by Gasteiger charge is -2.43. The molecule has 2 aromatic carbocycles. The van der Waals surface area contributed by atoms with Gasteiger partial charge in [0, 0.05) is 45.8 Å². The number of nitrogens with one attached hydrogen (secondary N) is 1. The third-order valence-electron chi connectivity index (χ3n) is 7.95. The zero-order valence-electron chi connectivity index (χ0n) is 20.3. The Morgan fingerprint density at radius 1 is 1.08 bits per heavy atom. The summed E-state index contributed by atoms with van der Waals surface area (Å²) >= 11 is 25.0. The monoisotopic (exact) mass is 605 g/mol. The Balaban J connectivity index is 1.78. The van der Waals surface area contributed by atoms with Crippen LogP contribution in [0, 0.1) is 11.3 Å². The van der Waals surface area contributed by atoms with Crippen LogP contribution in [-0.2, 0) is 24.7 Å². The van der Waals surface area contributed by atoms with Crippen molar-refractivity contribution in [2.45, 2.75) is 30.8 Å². The highest BCUT2D eigenvalue weighted by atomic mass is 35.5. The molecule has 5 rings (SSSR count). The Labute approximate surface area is 236 Å². The van der Waals surface area contributed by atoms with Crippen LogP contribution in [0.25, 0.3) is 0 Å². The Kier molecular flexibility index (Phi) is 6.44. The Morgan fingerprint density at radius 3 is 2.29 bits per heavy atom. The van der Waals surface area contributed by atoms with Crippen LogP contribution in [-0.4, -0.2) is 55.4 Å². The van der Waals surface area contributed by atoms with Gasteiger partial charge in [0.1, 0.15) is 11.0 Å². The maximum Gasteiger partial charge on any atom is 0.315 e. The molecule has 7 nitrogen and oxygen atoms in total. The first-order valence-corrected chi connectivity index (χ1v) is 13.0. The van der Waals surface area contributed by atoms with Gasteiger partial charge in [-0.05, 0) is 37.3 Å². The SMILES string of the molecule is COC(=O)[C@@]1(C)C(C(=O)N(C)c2cc(Cl)cc(Cl)c2)[C@H]2CC(F)(F)CN2C12C(=O)Nc1c(Cl)cc(Cl)cc12. The molecule has 2 aromatic rings. The number of esters is 1. The van der Waals surface area contributed by atoms with Gasteiger partial charge in [-0.1, -0.05) is 46.4 Å². The van der Waals surface area contributed by atoms with E-state index in [-0.39, 0.29) is 37.0 Å². The summed E-state index contributed by atoms with van der Waals surface area (Å²) in [7, 11) is 2.53. The van der Waals surface area contributed by atoms with Gasteiger partial charge in [-0.25, -0.2) is 8.78 Å². The Hall–Kier alpha value is -2.17. The van der Waals surface area contributed by atoms with E-state index in [1.165, 1.54) is 54.1 Å². The molecule has 1 N–H and O–H groups in total. The summed E-state index contributed by atoms with van der Waals surface area (Å²) < 4.78 is 35.3. The first-order valence-electron chi connectivity index (χ1n) is 11.5. The second-order valence-corrected chi connectivity index (χ2v) is 11.6. The summed E-state index contributed by atoms with van der Waals surface area (Å²) in [4.78, 5) is 44.3. The number of amides is 2. The van der Waals surface area contributed by atoms with Crippen molar-refractivity contribution in [3.63, 3.8) is 0 Å². The van der Waals surface area contributed by atoms with E-state index in [1.807, 2.05) is 0 Å². The van der Waals surface area contributed by atoms with Crippen LogP contribution in [0.15, 0.2) is 30.3 Å². The predicted octanol–water partition coefficient (Wildman–Crippen LogP) is 5.63. The van der Waals surface area contributed by atoms with Crippen LogP contribution in [0.5, 0.6) is 0 Å². The van der Waals surface area contributed by atoms with Gasteiger partial charge in [-0.3, -0.25) is 19.3 Å². The minimum atomic E-state index is -3.25. The van der Waals surface area contributed by atoms with Crippen LogP contribution in [0.4, 0.5) is 20.2 Å². The number of methoxy groups -OCH3 is 1. The van der Waals surface area contributed by atoms with Gasteiger partial charge in [-0.2, -0.15) is 0 Å². The summed E-state index contributed by atoms with van der Waals surface area (Å²) in [5.74, 6) is -7.10. The number of anilines is 2. The molecular formula is C25H21Cl4F2N3O4. The number of fused-ring (bicyclic) bond motifs is 4. The standard InChI is InChI=1S/C25H21Cl4F2N3O4/c1-23(22(37)38-3)18(20(35)33(2)14-5-11(26)4-12(27)6-14)17-9-24(30,31)10-34(17)25(23)15-7-13(28)8-16(29)19(15)32-21(25)36/h4-8,17-18H,9-10H2,1-3H3,(H,32,36)/t17-,18?,23-,25?/m1/s1. The second kappa shape index (κ2) is 8.93. The minimum Gasteiger partial charge on any atom is -0.469 e. The van der Waals surface area contributed by atoms with E-state index < -0.39 is 59.6 Å². The quantitative estimate of drug-likeness (QED) is 0.458. The van der Waals surface area contributed by atoms with Crippen molar-refractivity contribution in [1.82, 2.24) is 4.90 Å². The lowest BCUT2D eigenvalue weighted by Crippen LogP contribution is -2.60. The van der Waals surface area contributed by atoms with E-state index in [9.17, 15) is 14.4 Å². The molecule has 3 aliphatic rings. The average Bonchev–Trinajstić information content (AvgIpc) is 3.37. The number of alkyl halides is 2. The first kappa shape index (κ1) is 27.4. The lowest BCUT2D eigenvalue weighted by atomic mass is 9.62. The number of rotatable bonds is 3. The normalized spacial score (nSPS) is 29.2. The largest absolute Gasteiger partial charge is 0.469 e. The van der Waals surface area contributed by atoms with Crippen LogP contribution < -0.4 is 10.2 Å². The van der Waals surface area contributed by atoms with E-state index in [0.717, 1.165) is 7.11 Å². The molecular weight excluding hydrogens is 586 g/mol. The highest BCUT2D eigenvalue weighted by Crippen LogP contribution is 2.66. The van der Waals surface area contributed by atoms with E-state index >= 15 is 8.78 Å². The molecule has 2 amide bonds. The highest BCUT2D eigenvalue weighted by Gasteiger charge is 2.80. The summed E-state index contributed by atoms with van der Waals surface area (Å²) in [6, 6.07) is 6.01. The molecule has 202 valence electrons. The third-order valence-corrected chi connectivity index (χ3v) is 8.90. The maximum atomic E-state index is 15.1. The highest BCUT2D eigenvalue weighted by molar-refractivity contribution is 6.38. The van der Waals surface area contributed by atoms with Crippen LogP contribution in [0.1, 0.15) is 18.9 Å². The summed E-state index contributed by atoms with van der Waals surface area (Å²) in [5.41, 5.74) is -3.51. The van der Waals surface area contributed by atoms with Crippen LogP contribution in [0.2, 0.25) is 20.1 Å². The molecule has 13 heteroatoms. The van der Waals surface area contributed by atoms with Gasteiger partial charge >= 0.3 is 5.97 Å². The van der Waals surface area contributed by atoms with Crippen molar-refractivity contribution in [1.29, 1.82) is 0 Å². The number of carbonyl (C=O) groups excluding carboxylic acids is 3. The molecule has 3 aliphatic heterocycles. The molecule has 3 heterocycles. The second-order valence-electron chi connectivity index (χ2n) is 9.93. The number of halogens is 6. The summed E-state index contributed by atoms with van der Waals surface area (Å²) in [6.45, 7) is 0.512. The zero-order chi connectivity index (χ0) is 27.9. The van der Waals surface area contributed by atoms with Crippen LogP contribution >= 0.6 is 46.4 Å².